The molecule has 0 spiro atoms. The minimum atomic E-state index is -0.192. The van der Waals surface area contributed by atoms with Crippen molar-refractivity contribution in [1.82, 2.24) is 10.2 Å². The van der Waals surface area contributed by atoms with Gasteiger partial charge in [-0.05, 0) is 50.6 Å². The first-order chi connectivity index (χ1) is 11.1. The van der Waals surface area contributed by atoms with Crippen molar-refractivity contribution in [3.8, 4) is 0 Å². The van der Waals surface area contributed by atoms with E-state index in [0.29, 0.717) is 12.5 Å². The molecule has 4 nitrogen and oxygen atoms in total. The monoisotopic (exact) mass is 316 g/mol. The van der Waals surface area contributed by atoms with E-state index in [2.05, 4.69) is 17.4 Å². The number of nitrogens with one attached hydrogen (secondary N) is 1. The zero-order valence-corrected chi connectivity index (χ0v) is 14.0. The topological polar surface area (TPSA) is 52.6 Å². The van der Waals surface area contributed by atoms with Crippen molar-refractivity contribution in [2.45, 2.75) is 50.2 Å². The van der Waals surface area contributed by atoms with Crippen LogP contribution >= 0.6 is 0 Å². The number of rotatable bonds is 6. The van der Waals surface area contributed by atoms with Gasteiger partial charge in [0.1, 0.15) is 0 Å². The van der Waals surface area contributed by atoms with E-state index < -0.39 is 0 Å². The number of benzene rings is 1. The molecule has 0 saturated heterocycles. The van der Waals surface area contributed by atoms with Crippen LogP contribution in [0, 0.1) is 5.92 Å². The highest BCUT2D eigenvalue weighted by Crippen LogP contribution is 2.41. The smallest absolute Gasteiger partial charge is 0.234 e. The standard InChI is InChI=1S/C19H28N2O2/c1-21(13-15-7-5-10-17(15)22)14-18(23)20-19(11-6-12-19)16-8-3-2-4-9-16/h2-4,8-9,15,17,22H,5-7,10-14H2,1H3,(H,20,23). The minimum absolute atomic E-state index is 0.0866. The van der Waals surface area contributed by atoms with E-state index >= 15 is 0 Å². The Morgan fingerprint density at radius 2 is 2.00 bits per heavy atom. The maximum absolute atomic E-state index is 12.5. The molecule has 2 aliphatic rings. The van der Waals surface area contributed by atoms with Crippen LogP contribution in [0.1, 0.15) is 44.1 Å². The fourth-order valence-electron chi connectivity index (χ4n) is 4.02. The predicted octanol–water partition coefficient (Wildman–Crippen LogP) is 2.27. The third-order valence-electron chi connectivity index (χ3n) is 5.49. The minimum Gasteiger partial charge on any atom is -0.393 e. The first-order valence-electron chi connectivity index (χ1n) is 8.82. The van der Waals surface area contributed by atoms with E-state index in [9.17, 15) is 9.90 Å². The Morgan fingerprint density at radius 1 is 1.26 bits per heavy atom. The van der Waals surface area contributed by atoms with Gasteiger partial charge in [0.05, 0.1) is 18.2 Å². The van der Waals surface area contributed by atoms with Crippen molar-refractivity contribution >= 4 is 5.91 Å². The van der Waals surface area contributed by atoms with Gasteiger partial charge in [-0.15, -0.1) is 0 Å². The van der Waals surface area contributed by atoms with Crippen LogP contribution in [0.2, 0.25) is 0 Å². The summed E-state index contributed by atoms with van der Waals surface area (Å²) in [6, 6.07) is 10.3. The number of aliphatic hydroxyl groups excluding tert-OH is 1. The normalized spacial score (nSPS) is 26.0. The summed E-state index contributed by atoms with van der Waals surface area (Å²) in [5.41, 5.74) is 1.06. The van der Waals surface area contributed by atoms with Crippen LogP contribution < -0.4 is 5.32 Å². The lowest BCUT2D eigenvalue weighted by atomic mass is 9.72. The molecule has 23 heavy (non-hydrogen) atoms. The van der Waals surface area contributed by atoms with Crippen molar-refractivity contribution in [1.29, 1.82) is 0 Å². The van der Waals surface area contributed by atoms with Gasteiger partial charge in [0.25, 0.3) is 0 Å². The number of hydrogen-bond donors (Lipinski definition) is 2. The molecule has 2 unspecified atom stereocenters. The number of carbonyl (C=O) groups is 1. The van der Waals surface area contributed by atoms with Gasteiger partial charge >= 0.3 is 0 Å². The maximum atomic E-state index is 12.5. The van der Waals surface area contributed by atoms with E-state index in [1.165, 1.54) is 12.0 Å². The van der Waals surface area contributed by atoms with Crippen molar-refractivity contribution in [2.75, 3.05) is 20.1 Å². The van der Waals surface area contributed by atoms with E-state index in [4.69, 9.17) is 0 Å². The molecule has 1 amide bonds. The highest BCUT2D eigenvalue weighted by Gasteiger charge is 2.40. The van der Waals surface area contributed by atoms with E-state index in [0.717, 1.165) is 38.6 Å². The van der Waals surface area contributed by atoms with Crippen LogP contribution in [-0.4, -0.2) is 42.2 Å². The van der Waals surface area contributed by atoms with Gasteiger partial charge < -0.3 is 10.4 Å². The molecular weight excluding hydrogens is 288 g/mol. The zero-order valence-electron chi connectivity index (χ0n) is 14.0. The molecule has 1 aromatic carbocycles. The van der Waals surface area contributed by atoms with Gasteiger partial charge in [-0.2, -0.15) is 0 Å². The molecular formula is C19H28N2O2. The lowest BCUT2D eigenvalue weighted by Gasteiger charge is -2.43. The Bertz CT molecular complexity index is 527. The van der Waals surface area contributed by atoms with Crippen LogP contribution in [0.4, 0.5) is 0 Å². The van der Waals surface area contributed by atoms with Crippen LogP contribution in [0.25, 0.3) is 0 Å². The van der Waals surface area contributed by atoms with E-state index in [-0.39, 0.29) is 17.6 Å². The second-order valence-corrected chi connectivity index (χ2v) is 7.30. The Hall–Kier alpha value is -1.39. The lowest BCUT2D eigenvalue weighted by molar-refractivity contribution is -0.125. The van der Waals surface area contributed by atoms with Gasteiger partial charge in [-0.1, -0.05) is 36.8 Å². The zero-order chi connectivity index (χ0) is 16.3. The van der Waals surface area contributed by atoms with E-state index in [1.54, 1.807) is 0 Å². The molecule has 2 fully saturated rings. The van der Waals surface area contributed by atoms with Gasteiger partial charge in [-0.3, -0.25) is 9.69 Å². The summed E-state index contributed by atoms with van der Waals surface area (Å²) in [4.78, 5) is 14.5. The van der Waals surface area contributed by atoms with E-state index in [1.807, 2.05) is 30.1 Å². The summed E-state index contributed by atoms with van der Waals surface area (Å²) < 4.78 is 0. The highest BCUT2D eigenvalue weighted by molar-refractivity contribution is 5.79. The van der Waals surface area contributed by atoms with Crippen molar-refractivity contribution in [3.63, 3.8) is 0 Å². The first-order valence-corrected chi connectivity index (χ1v) is 8.82. The first kappa shape index (κ1) is 16.5. The average Bonchev–Trinajstić information content (AvgIpc) is 2.89. The lowest BCUT2D eigenvalue weighted by Crippen LogP contribution is -2.53. The number of carbonyl (C=O) groups excluding carboxylic acids is 1. The van der Waals surface area contributed by atoms with Crippen molar-refractivity contribution in [2.24, 2.45) is 5.92 Å². The largest absolute Gasteiger partial charge is 0.393 e. The summed E-state index contributed by atoms with van der Waals surface area (Å²) in [6.07, 6.45) is 6.09. The third-order valence-corrected chi connectivity index (χ3v) is 5.49. The average molecular weight is 316 g/mol. The van der Waals surface area contributed by atoms with Crippen LogP contribution in [-0.2, 0) is 10.3 Å². The van der Waals surface area contributed by atoms with Gasteiger partial charge in [0.2, 0.25) is 5.91 Å². The Morgan fingerprint density at radius 3 is 2.57 bits per heavy atom. The van der Waals surface area contributed by atoms with Gasteiger partial charge in [0.15, 0.2) is 0 Å². The molecule has 0 radical (unpaired) electrons. The molecule has 0 heterocycles. The number of nitrogens with zero attached hydrogens (tertiary/aromatic N) is 1. The molecule has 0 bridgehead atoms. The summed E-state index contributed by atoms with van der Waals surface area (Å²) in [7, 11) is 1.97. The molecule has 4 heteroatoms. The molecule has 0 aliphatic heterocycles. The Kier molecular flexibility index (Phi) is 5.02. The molecule has 1 aromatic rings. The quantitative estimate of drug-likeness (QED) is 0.846. The fourth-order valence-corrected chi connectivity index (χ4v) is 4.02. The number of hydrogen-bond acceptors (Lipinski definition) is 3. The molecule has 0 aromatic heterocycles. The Labute approximate surface area is 138 Å². The van der Waals surface area contributed by atoms with Crippen molar-refractivity contribution < 1.29 is 9.90 Å². The van der Waals surface area contributed by atoms with Gasteiger partial charge in [-0.25, -0.2) is 0 Å². The number of aliphatic hydroxyl groups is 1. The summed E-state index contributed by atoms with van der Waals surface area (Å²) in [5, 5.41) is 13.2. The highest BCUT2D eigenvalue weighted by atomic mass is 16.3. The number of likely N-dealkylation sites (N-methyl/N-ethyl adjacent to an activating group) is 1. The summed E-state index contributed by atoms with van der Waals surface area (Å²) in [6.45, 7) is 1.20. The molecule has 2 atom stereocenters. The summed E-state index contributed by atoms with van der Waals surface area (Å²) >= 11 is 0. The van der Waals surface area contributed by atoms with Gasteiger partial charge in [0, 0.05) is 6.54 Å². The summed E-state index contributed by atoms with van der Waals surface area (Å²) in [5.74, 6) is 0.406. The third kappa shape index (κ3) is 3.75. The second kappa shape index (κ2) is 7.02. The molecule has 126 valence electrons. The molecule has 2 N–H and O–H groups in total. The SMILES string of the molecule is CN(CC(=O)NC1(c2ccccc2)CCC1)CC1CCCC1O. The van der Waals surface area contributed by atoms with Crippen LogP contribution in [0.5, 0.6) is 0 Å². The molecule has 2 saturated carbocycles. The van der Waals surface area contributed by atoms with Crippen LogP contribution in [0.15, 0.2) is 30.3 Å². The predicted molar refractivity (Wildman–Crippen MR) is 91.0 cm³/mol. The number of amides is 1. The fraction of sp³-hybridized carbons (Fsp3) is 0.632. The molecule has 2 aliphatic carbocycles. The Balaban J connectivity index is 1.54. The second-order valence-electron chi connectivity index (χ2n) is 7.30. The molecule has 3 rings (SSSR count). The maximum Gasteiger partial charge on any atom is 0.234 e. The van der Waals surface area contributed by atoms with Crippen LogP contribution in [0.3, 0.4) is 0 Å². The van der Waals surface area contributed by atoms with Crippen molar-refractivity contribution in [3.05, 3.63) is 35.9 Å².